The molecule has 14 heavy (non-hydrogen) atoms. The molecule has 0 saturated carbocycles. The van der Waals surface area contributed by atoms with E-state index in [2.05, 4.69) is 0 Å². The Bertz CT molecular complexity index is 593. The van der Waals surface area contributed by atoms with E-state index in [4.69, 9.17) is 20.2 Å². The molecule has 0 fully saturated rings. The predicted molar refractivity (Wildman–Crippen MR) is 48.4 cm³/mol. The summed E-state index contributed by atoms with van der Waals surface area (Å²) in [7, 11) is 0. The third-order valence-electron chi connectivity index (χ3n) is 1.87. The first-order valence-corrected chi connectivity index (χ1v) is 3.92. The second kappa shape index (κ2) is 2.89. The van der Waals surface area contributed by atoms with E-state index in [0.29, 0.717) is 11.0 Å². The molecule has 1 aromatic carbocycles. The van der Waals surface area contributed by atoms with Crippen LogP contribution in [0.4, 0.5) is 0 Å². The van der Waals surface area contributed by atoms with Crippen molar-refractivity contribution in [3.63, 3.8) is 0 Å². The first-order valence-electron chi connectivity index (χ1n) is 3.92. The standard InChI is InChI=1S/C10H6N2O2/c11-5-7-3-6-1-2-8(13)4-9(6)14-10(7)12/h1-4,12-13H. The lowest BCUT2D eigenvalue weighted by molar-refractivity contribution is 0.472. The average molecular weight is 186 g/mol. The maximum absolute atomic E-state index is 9.16. The molecule has 0 saturated heterocycles. The van der Waals surface area contributed by atoms with Crippen LogP contribution in [-0.4, -0.2) is 5.11 Å². The zero-order chi connectivity index (χ0) is 10.1. The van der Waals surface area contributed by atoms with Gasteiger partial charge in [0.05, 0.1) is 0 Å². The van der Waals surface area contributed by atoms with Crippen LogP contribution in [0.25, 0.3) is 11.0 Å². The van der Waals surface area contributed by atoms with Crippen LogP contribution < -0.4 is 5.55 Å². The van der Waals surface area contributed by atoms with Crippen molar-refractivity contribution in [3.8, 4) is 11.8 Å². The molecule has 4 heteroatoms. The summed E-state index contributed by atoms with van der Waals surface area (Å²) in [4.78, 5) is 0. The Morgan fingerprint density at radius 2 is 2.14 bits per heavy atom. The number of benzene rings is 1. The van der Waals surface area contributed by atoms with Gasteiger partial charge >= 0.3 is 0 Å². The molecule has 0 unspecified atom stereocenters. The van der Waals surface area contributed by atoms with Crippen LogP contribution in [0.1, 0.15) is 5.56 Å². The third kappa shape index (κ3) is 1.21. The van der Waals surface area contributed by atoms with E-state index in [-0.39, 0.29) is 16.9 Å². The molecule has 4 nitrogen and oxygen atoms in total. The number of phenols is 1. The maximum atomic E-state index is 9.16. The molecule has 2 aromatic rings. The SMILES string of the molecule is N#Cc1cc2ccc(O)cc2oc1=N. The van der Waals surface area contributed by atoms with Gasteiger partial charge in [-0.25, -0.2) is 0 Å². The molecular weight excluding hydrogens is 180 g/mol. The number of nitrogens with one attached hydrogen (secondary N) is 1. The molecule has 0 aliphatic carbocycles. The molecule has 68 valence electrons. The number of phenolic OH excluding ortho intramolecular Hbond substituents is 1. The molecule has 0 amide bonds. The van der Waals surface area contributed by atoms with Gasteiger partial charge in [0.25, 0.3) is 0 Å². The highest BCUT2D eigenvalue weighted by Gasteiger charge is 2.02. The van der Waals surface area contributed by atoms with Crippen molar-refractivity contribution in [1.29, 1.82) is 10.7 Å². The second-order valence-electron chi connectivity index (χ2n) is 2.82. The molecule has 0 aliphatic heterocycles. The molecular formula is C10H6N2O2. The first kappa shape index (κ1) is 8.32. The topological polar surface area (TPSA) is 81.0 Å². The highest BCUT2D eigenvalue weighted by molar-refractivity contribution is 5.78. The summed E-state index contributed by atoms with van der Waals surface area (Å²) in [5.74, 6) is 0.0744. The normalized spacial score (nSPS) is 9.93. The Kier molecular flexibility index (Phi) is 1.72. The molecule has 1 aromatic heterocycles. The summed E-state index contributed by atoms with van der Waals surface area (Å²) in [6.45, 7) is 0. The van der Waals surface area contributed by atoms with E-state index in [1.807, 2.05) is 6.07 Å². The number of fused-ring (bicyclic) bond motifs is 1. The van der Waals surface area contributed by atoms with Gasteiger partial charge in [-0.15, -0.1) is 0 Å². The Balaban J connectivity index is 2.88. The van der Waals surface area contributed by atoms with Crippen molar-refractivity contribution in [2.75, 3.05) is 0 Å². The molecule has 0 spiro atoms. The fourth-order valence-electron chi connectivity index (χ4n) is 1.20. The minimum Gasteiger partial charge on any atom is -0.508 e. The Morgan fingerprint density at radius 3 is 2.86 bits per heavy atom. The first-order chi connectivity index (χ1) is 6.70. The third-order valence-corrected chi connectivity index (χ3v) is 1.87. The fraction of sp³-hybridized carbons (Fsp3) is 0. The lowest BCUT2D eigenvalue weighted by atomic mass is 10.2. The summed E-state index contributed by atoms with van der Waals surface area (Å²) in [6.07, 6.45) is 0. The maximum Gasteiger partial charge on any atom is 0.229 e. The summed E-state index contributed by atoms with van der Waals surface area (Å²) in [6, 6.07) is 7.96. The van der Waals surface area contributed by atoms with Crippen LogP contribution in [0.3, 0.4) is 0 Å². The van der Waals surface area contributed by atoms with Crippen LogP contribution >= 0.6 is 0 Å². The Morgan fingerprint density at radius 1 is 1.36 bits per heavy atom. The van der Waals surface area contributed by atoms with E-state index in [9.17, 15) is 0 Å². The minimum absolute atomic E-state index is 0.0744. The van der Waals surface area contributed by atoms with Crippen LogP contribution in [-0.2, 0) is 0 Å². The number of rotatable bonds is 0. The smallest absolute Gasteiger partial charge is 0.229 e. The Labute approximate surface area is 79.2 Å². The van der Waals surface area contributed by atoms with Crippen molar-refractivity contribution < 1.29 is 9.52 Å². The zero-order valence-electron chi connectivity index (χ0n) is 7.11. The Hall–Kier alpha value is -2.28. The highest BCUT2D eigenvalue weighted by Crippen LogP contribution is 2.18. The average Bonchev–Trinajstić information content (AvgIpc) is 2.16. The van der Waals surface area contributed by atoms with Gasteiger partial charge in [0.15, 0.2) is 0 Å². The van der Waals surface area contributed by atoms with Crippen molar-refractivity contribution in [3.05, 3.63) is 35.4 Å². The van der Waals surface area contributed by atoms with Gasteiger partial charge in [0.2, 0.25) is 5.55 Å². The zero-order valence-corrected chi connectivity index (χ0v) is 7.11. The largest absolute Gasteiger partial charge is 0.508 e. The second-order valence-corrected chi connectivity index (χ2v) is 2.82. The number of nitriles is 1. The van der Waals surface area contributed by atoms with E-state index in [1.54, 1.807) is 12.1 Å². The quantitative estimate of drug-likeness (QED) is 0.653. The molecule has 2 rings (SSSR count). The fourth-order valence-corrected chi connectivity index (χ4v) is 1.20. The lowest BCUT2D eigenvalue weighted by Gasteiger charge is -1.98. The van der Waals surface area contributed by atoms with Gasteiger partial charge in [0, 0.05) is 11.5 Å². The molecule has 2 N–H and O–H groups in total. The minimum atomic E-state index is -0.189. The summed E-state index contributed by atoms with van der Waals surface area (Å²) >= 11 is 0. The summed E-state index contributed by atoms with van der Waals surface area (Å²) < 4.78 is 5.05. The molecule has 1 heterocycles. The summed E-state index contributed by atoms with van der Waals surface area (Å²) in [5, 5.41) is 25.9. The van der Waals surface area contributed by atoms with Gasteiger partial charge in [-0.05, 0) is 18.2 Å². The van der Waals surface area contributed by atoms with Crippen molar-refractivity contribution >= 4 is 11.0 Å². The molecule has 0 aliphatic rings. The van der Waals surface area contributed by atoms with Gasteiger partial charge in [-0.3, -0.25) is 5.41 Å². The van der Waals surface area contributed by atoms with Crippen LogP contribution in [0.2, 0.25) is 0 Å². The number of hydrogen-bond donors (Lipinski definition) is 2. The summed E-state index contributed by atoms with van der Waals surface area (Å²) in [5.41, 5.74) is 0.391. The van der Waals surface area contributed by atoms with E-state index in [0.717, 1.165) is 0 Å². The van der Waals surface area contributed by atoms with Crippen LogP contribution in [0.15, 0.2) is 28.7 Å². The van der Waals surface area contributed by atoms with E-state index in [1.165, 1.54) is 12.1 Å². The monoisotopic (exact) mass is 186 g/mol. The van der Waals surface area contributed by atoms with Crippen LogP contribution in [0, 0.1) is 16.7 Å². The van der Waals surface area contributed by atoms with Gasteiger partial charge in [-0.2, -0.15) is 5.26 Å². The van der Waals surface area contributed by atoms with Crippen molar-refractivity contribution in [2.24, 2.45) is 0 Å². The van der Waals surface area contributed by atoms with Gasteiger partial charge in [-0.1, -0.05) is 0 Å². The predicted octanol–water partition coefficient (Wildman–Crippen LogP) is 1.49. The van der Waals surface area contributed by atoms with Gasteiger partial charge < -0.3 is 9.52 Å². The molecule has 0 radical (unpaired) electrons. The van der Waals surface area contributed by atoms with Gasteiger partial charge in [0.1, 0.15) is 23.0 Å². The van der Waals surface area contributed by atoms with Crippen LogP contribution in [0.5, 0.6) is 5.75 Å². The van der Waals surface area contributed by atoms with E-state index >= 15 is 0 Å². The number of nitrogens with zero attached hydrogens (tertiary/aromatic N) is 1. The molecule has 0 bridgehead atoms. The molecule has 0 atom stereocenters. The highest BCUT2D eigenvalue weighted by atomic mass is 16.3. The van der Waals surface area contributed by atoms with Crippen molar-refractivity contribution in [1.82, 2.24) is 0 Å². The van der Waals surface area contributed by atoms with Crippen molar-refractivity contribution in [2.45, 2.75) is 0 Å². The number of aromatic hydroxyl groups is 1. The van der Waals surface area contributed by atoms with E-state index < -0.39 is 0 Å². The number of hydrogen-bond acceptors (Lipinski definition) is 4. The lowest BCUT2D eigenvalue weighted by Crippen LogP contribution is -2.03.